The number of hydrogen-bond acceptors (Lipinski definition) is 8. The highest BCUT2D eigenvalue weighted by Crippen LogP contribution is 2.34. The predicted molar refractivity (Wildman–Crippen MR) is 156 cm³/mol. The normalized spacial score (nSPS) is 12.8. The van der Waals surface area contributed by atoms with E-state index in [1.165, 1.54) is 50.6 Å². The smallest absolute Gasteiger partial charge is 0.346 e. The summed E-state index contributed by atoms with van der Waals surface area (Å²) in [5, 5.41) is 22.1. The Hall–Kier alpha value is -4.02. The minimum Gasteiger partial charge on any atom is -0.496 e. The van der Waals surface area contributed by atoms with Crippen molar-refractivity contribution in [3.05, 3.63) is 60.9 Å². The van der Waals surface area contributed by atoms with Gasteiger partial charge in [-0.3, -0.25) is 14.2 Å². The molecule has 2 aromatic heterocycles. The van der Waals surface area contributed by atoms with E-state index < -0.39 is 46.0 Å². The number of hydrogen-bond donors (Lipinski definition) is 2. The number of carbonyl (C=O) groups excluding carboxylic acids is 1. The number of fused-ring (bicyclic) bond motifs is 1. The molecule has 0 bridgehead atoms. The van der Waals surface area contributed by atoms with Crippen molar-refractivity contribution in [2.24, 2.45) is 5.41 Å². The number of carboxylic acids is 1. The molecule has 1 amide bonds. The Morgan fingerprint density at radius 1 is 1.21 bits per heavy atom. The largest absolute Gasteiger partial charge is 0.496 e. The van der Waals surface area contributed by atoms with Gasteiger partial charge in [0.15, 0.2) is 0 Å². The van der Waals surface area contributed by atoms with Gasteiger partial charge < -0.3 is 19.9 Å². The van der Waals surface area contributed by atoms with Crippen molar-refractivity contribution in [2.45, 2.75) is 72.7 Å². The summed E-state index contributed by atoms with van der Waals surface area (Å²) in [7, 11) is 1.38. The quantitative estimate of drug-likeness (QED) is 0.335. The van der Waals surface area contributed by atoms with Crippen LogP contribution in [0.4, 0.5) is 4.39 Å². The summed E-state index contributed by atoms with van der Waals surface area (Å²) in [6.45, 7) is 10.6. The van der Waals surface area contributed by atoms with Crippen molar-refractivity contribution >= 4 is 33.4 Å². The van der Waals surface area contributed by atoms with Crippen LogP contribution in [-0.4, -0.2) is 45.9 Å². The van der Waals surface area contributed by atoms with Gasteiger partial charge in [-0.05, 0) is 72.2 Å². The Labute approximate surface area is 246 Å². The molecule has 0 saturated carbocycles. The highest BCUT2D eigenvalue weighted by Gasteiger charge is 2.37. The van der Waals surface area contributed by atoms with E-state index in [2.05, 4.69) is 11.4 Å². The molecule has 3 rings (SSSR count). The van der Waals surface area contributed by atoms with Crippen LogP contribution >= 0.6 is 11.3 Å². The van der Waals surface area contributed by atoms with Crippen molar-refractivity contribution in [1.29, 1.82) is 5.26 Å². The van der Waals surface area contributed by atoms with E-state index in [9.17, 15) is 33.9 Å². The highest BCUT2D eigenvalue weighted by molar-refractivity contribution is 7.20. The molecular formula is C29H35FN4O7S. The van der Waals surface area contributed by atoms with Crippen LogP contribution in [0.1, 0.15) is 68.4 Å². The summed E-state index contributed by atoms with van der Waals surface area (Å²) < 4.78 is 28.0. The highest BCUT2D eigenvalue weighted by atomic mass is 32.1. The fourth-order valence-corrected chi connectivity index (χ4v) is 5.59. The van der Waals surface area contributed by atoms with Crippen LogP contribution in [0, 0.1) is 29.5 Å². The number of aromatic nitrogens is 2. The third-order valence-corrected chi connectivity index (χ3v) is 8.08. The van der Waals surface area contributed by atoms with Gasteiger partial charge in [0.05, 0.1) is 37.1 Å². The van der Waals surface area contributed by atoms with E-state index in [0.29, 0.717) is 0 Å². The van der Waals surface area contributed by atoms with Gasteiger partial charge in [-0.2, -0.15) is 5.26 Å². The first-order valence-corrected chi connectivity index (χ1v) is 14.0. The second-order valence-electron chi connectivity index (χ2n) is 11.4. The first kappa shape index (κ1) is 32.5. The first-order chi connectivity index (χ1) is 19.5. The van der Waals surface area contributed by atoms with E-state index in [-0.39, 0.29) is 51.2 Å². The van der Waals surface area contributed by atoms with Gasteiger partial charge in [-0.25, -0.2) is 18.5 Å². The van der Waals surface area contributed by atoms with Gasteiger partial charge in [-0.1, -0.05) is 0 Å². The summed E-state index contributed by atoms with van der Waals surface area (Å²) >= 11 is 0.740. The van der Waals surface area contributed by atoms with Crippen molar-refractivity contribution in [3.63, 3.8) is 0 Å². The van der Waals surface area contributed by atoms with Crippen molar-refractivity contribution in [2.75, 3.05) is 13.7 Å². The molecule has 0 aliphatic heterocycles. The summed E-state index contributed by atoms with van der Waals surface area (Å²) in [4.78, 5) is 53.2. The van der Waals surface area contributed by atoms with Crippen LogP contribution in [0.15, 0.2) is 27.8 Å². The van der Waals surface area contributed by atoms with Gasteiger partial charge >= 0.3 is 11.7 Å². The lowest BCUT2D eigenvalue weighted by molar-refractivity contribution is -0.129. The number of carboxylic acid groups (broad SMARTS) is 1. The SMILES string of the molecule is COc1ccc(F)cc1[C@H](Cn1c(=O)n(C(C)(C)C(=O)NC(C)C)c(=O)c2c(C)c(C(=O)O)sc21)OCC(C)(C)C#N. The molecule has 3 aromatic rings. The molecule has 0 aliphatic carbocycles. The molecule has 2 N–H and O–H groups in total. The maximum atomic E-state index is 14.5. The summed E-state index contributed by atoms with van der Waals surface area (Å²) in [5.41, 5.74) is -3.97. The maximum absolute atomic E-state index is 14.5. The second kappa shape index (κ2) is 12.1. The van der Waals surface area contributed by atoms with Gasteiger partial charge in [0.25, 0.3) is 5.56 Å². The molecule has 226 valence electrons. The summed E-state index contributed by atoms with van der Waals surface area (Å²) in [5.74, 6) is -2.23. The van der Waals surface area contributed by atoms with Gasteiger partial charge in [0, 0.05) is 11.6 Å². The average Bonchev–Trinajstić information content (AvgIpc) is 3.25. The number of benzene rings is 1. The lowest BCUT2D eigenvalue weighted by atomic mass is 9.97. The van der Waals surface area contributed by atoms with Crippen LogP contribution < -0.4 is 21.3 Å². The first-order valence-electron chi connectivity index (χ1n) is 13.2. The number of ether oxygens (including phenoxy) is 2. The minimum atomic E-state index is -1.68. The number of halogens is 1. The molecule has 1 aromatic carbocycles. The molecule has 0 saturated heterocycles. The summed E-state index contributed by atoms with van der Waals surface area (Å²) in [6.07, 6.45) is -1.08. The Morgan fingerprint density at radius 3 is 2.40 bits per heavy atom. The molecule has 0 aliphatic rings. The standard InChI is InChI=1S/C29H35FN4O7S/c1-15(2)32-26(38)29(6,7)34-23(35)21-16(3)22(25(36)37)42-24(21)33(27(34)39)12-20(41-14-28(4,5)13-31)18-11-17(30)9-10-19(18)40-8/h9-11,15,20H,12,14H2,1-8H3,(H,32,38)(H,36,37)/t20-/m0/s1. The number of methoxy groups -OCH3 is 1. The van der Waals surface area contributed by atoms with Crippen LogP contribution in [0.2, 0.25) is 0 Å². The molecule has 0 fully saturated rings. The number of nitrogens with one attached hydrogen (secondary N) is 1. The van der Waals surface area contributed by atoms with E-state index in [1.54, 1.807) is 27.7 Å². The van der Waals surface area contributed by atoms with E-state index in [0.717, 1.165) is 15.9 Å². The zero-order valence-electron chi connectivity index (χ0n) is 24.8. The Morgan fingerprint density at radius 2 is 1.86 bits per heavy atom. The minimum absolute atomic E-state index is 0.0373. The molecular weight excluding hydrogens is 567 g/mol. The maximum Gasteiger partial charge on any atom is 0.346 e. The zero-order chi connectivity index (χ0) is 31.7. The van der Waals surface area contributed by atoms with Crippen LogP contribution in [-0.2, 0) is 21.6 Å². The number of rotatable bonds is 11. The van der Waals surface area contributed by atoms with Crippen LogP contribution in [0.3, 0.4) is 0 Å². The monoisotopic (exact) mass is 602 g/mol. The second-order valence-corrected chi connectivity index (χ2v) is 12.4. The third kappa shape index (κ3) is 6.24. The molecule has 11 nitrogen and oxygen atoms in total. The molecule has 13 heteroatoms. The zero-order valence-corrected chi connectivity index (χ0v) is 25.6. The number of nitriles is 1. The summed E-state index contributed by atoms with van der Waals surface area (Å²) in [6, 6.07) is 5.61. The number of nitrogens with zero attached hydrogens (tertiary/aromatic N) is 3. The fourth-order valence-electron chi connectivity index (χ4n) is 4.45. The lowest BCUT2D eigenvalue weighted by Crippen LogP contribution is -2.56. The fraction of sp³-hybridized carbons (Fsp3) is 0.483. The van der Waals surface area contributed by atoms with Gasteiger partial charge in [0.2, 0.25) is 5.91 Å². The van der Waals surface area contributed by atoms with E-state index in [4.69, 9.17) is 9.47 Å². The molecule has 0 radical (unpaired) electrons. The molecule has 0 unspecified atom stereocenters. The van der Waals surface area contributed by atoms with E-state index in [1.807, 2.05) is 0 Å². The van der Waals surface area contributed by atoms with Crippen LogP contribution in [0.5, 0.6) is 5.75 Å². The average molecular weight is 603 g/mol. The number of carbonyl (C=O) groups is 2. The number of aromatic carboxylic acids is 1. The topological polar surface area (TPSA) is 153 Å². The molecule has 1 atom stereocenters. The molecule has 0 spiro atoms. The van der Waals surface area contributed by atoms with Crippen molar-refractivity contribution in [3.8, 4) is 11.8 Å². The third-order valence-electron chi connectivity index (χ3n) is 6.78. The lowest BCUT2D eigenvalue weighted by Gasteiger charge is -2.29. The van der Waals surface area contributed by atoms with Gasteiger partial charge in [0.1, 0.15) is 32.9 Å². The van der Waals surface area contributed by atoms with Gasteiger partial charge in [-0.15, -0.1) is 11.3 Å². The van der Waals surface area contributed by atoms with Crippen LogP contribution in [0.25, 0.3) is 10.2 Å². The number of thiophene rings is 1. The Bertz CT molecular complexity index is 1690. The Kier molecular flexibility index (Phi) is 9.34. The predicted octanol–water partition coefficient (Wildman–Crippen LogP) is 3.95. The Balaban J connectivity index is 2.40. The number of amides is 1. The van der Waals surface area contributed by atoms with E-state index >= 15 is 0 Å². The molecule has 42 heavy (non-hydrogen) atoms. The molecule has 2 heterocycles. The van der Waals surface area contributed by atoms with Crippen molar-refractivity contribution < 1.29 is 28.6 Å². The van der Waals surface area contributed by atoms with Crippen molar-refractivity contribution in [1.82, 2.24) is 14.5 Å². The number of aryl methyl sites for hydroxylation is 1.